The van der Waals surface area contributed by atoms with Crippen LogP contribution in [0, 0.1) is 0 Å². The second-order valence-electron chi connectivity index (χ2n) is 3.24. The van der Waals surface area contributed by atoms with Gasteiger partial charge in [0, 0.05) is 6.42 Å². The van der Waals surface area contributed by atoms with E-state index >= 15 is 0 Å². The smallest absolute Gasteiger partial charge is 0.159 e. The van der Waals surface area contributed by atoms with Crippen molar-refractivity contribution >= 4 is 0 Å². The lowest BCUT2D eigenvalue weighted by Gasteiger charge is -2.23. The van der Waals surface area contributed by atoms with Crippen molar-refractivity contribution in [3.63, 3.8) is 0 Å². The normalized spacial score (nSPS) is 21.7. The molecule has 4 heteroatoms. The summed E-state index contributed by atoms with van der Waals surface area (Å²) in [7, 11) is 0. The predicted octanol–water partition coefficient (Wildman–Crippen LogP) is 0.537. The van der Waals surface area contributed by atoms with E-state index in [2.05, 4.69) is 0 Å². The molecule has 1 N–H and O–H groups in total. The van der Waals surface area contributed by atoms with Crippen LogP contribution in [0.5, 0.6) is 0 Å². The Bertz CT molecular complexity index is 121. The number of aliphatic hydroxyl groups is 1. The molecule has 0 bridgehead atoms. The largest absolute Gasteiger partial charge is 0.391 e. The number of aliphatic hydroxyl groups excluding tert-OH is 1. The highest BCUT2D eigenvalue weighted by atomic mass is 16.7. The van der Waals surface area contributed by atoms with Crippen LogP contribution in [0.2, 0.25) is 0 Å². The molecule has 0 spiro atoms. The maximum absolute atomic E-state index is 8.90. The Morgan fingerprint density at radius 2 is 2.15 bits per heavy atom. The molecule has 13 heavy (non-hydrogen) atoms. The molecule has 1 heterocycles. The van der Waals surface area contributed by atoms with Crippen LogP contribution >= 0.6 is 0 Å². The first-order chi connectivity index (χ1) is 6.29. The van der Waals surface area contributed by atoms with E-state index in [1.54, 1.807) is 6.92 Å². The maximum atomic E-state index is 8.90. The lowest BCUT2D eigenvalue weighted by Crippen LogP contribution is -2.26. The third-order valence-corrected chi connectivity index (χ3v) is 1.75. The van der Waals surface area contributed by atoms with Crippen molar-refractivity contribution in [1.29, 1.82) is 0 Å². The summed E-state index contributed by atoms with van der Waals surface area (Å²) < 4.78 is 15.8. The molecule has 1 fully saturated rings. The van der Waals surface area contributed by atoms with Gasteiger partial charge in [-0.15, -0.1) is 0 Å². The molecule has 0 aromatic heterocycles. The summed E-state index contributed by atoms with van der Waals surface area (Å²) in [5.74, 6) is 0. The van der Waals surface area contributed by atoms with Crippen molar-refractivity contribution in [3.8, 4) is 0 Å². The average Bonchev–Trinajstić information content (AvgIpc) is 2.14. The lowest BCUT2D eigenvalue weighted by atomic mass is 10.4. The summed E-state index contributed by atoms with van der Waals surface area (Å²) in [6.45, 7) is 4.22. The Hall–Kier alpha value is -0.160. The quantitative estimate of drug-likeness (QED) is 0.643. The van der Waals surface area contributed by atoms with E-state index < -0.39 is 6.10 Å². The van der Waals surface area contributed by atoms with E-state index in [1.807, 2.05) is 0 Å². The molecule has 1 rings (SSSR count). The maximum Gasteiger partial charge on any atom is 0.159 e. The van der Waals surface area contributed by atoms with Crippen molar-refractivity contribution in [2.45, 2.75) is 32.2 Å². The number of hydrogen-bond donors (Lipinski definition) is 1. The topological polar surface area (TPSA) is 47.9 Å². The summed E-state index contributed by atoms with van der Waals surface area (Å²) in [6, 6.07) is 0. The highest BCUT2D eigenvalue weighted by Crippen LogP contribution is 2.08. The molecule has 1 aliphatic rings. The first kappa shape index (κ1) is 10.9. The molecular weight excluding hydrogens is 172 g/mol. The summed E-state index contributed by atoms with van der Waals surface area (Å²) in [4.78, 5) is 0. The Labute approximate surface area is 78.8 Å². The lowest BCUT2D eigenvalue weighted by molar-refractivity contribution is -0.186. The molecule has 78 valence electrons. The first-order valence-corrected chi connectivity index (χ1v) is 4.78. The van der Waals surface area contributed by atoms with Crippen LogP contribution in [-0.4, -0.2) is 43.9 Å². The molecule has 1 atom stereocenters. The molecule has 1 aliphatic heterocycles. The van der Waals surface area contributed by atoms with Gasteiger partial charge in [-0.05, 0) is 13.3 Å². The van der Waals surface area contributed by atoms with Gasteiger partial charge in [0.15, 0.2) is 6.29 Å². The highest BCUT2D eigenvalue weighted by molar-refractivity contribution is 4.51. The number of rotatable bonds is 5. The van der Waals surface area contributed by atoms with E-state index in [1.165, 1.54) is 0 Å². The summed E-state index contributed by atoms with van der Waals surface area (Å²) in [5.41, 5.74) is 0. The SMILES string of the molecule is CC(O)COCCC1OCCCO1. The fourth-order valence-corrected chi connectivity index (χ4v) is 1.14. The van der Waals surface area contributed by atoms with E-state index in [-0.39, 0.29) is 6.29 Å². The standard InChI is InChI=1S/C9H18O4/c1-8(10)7-11-6-3-9-12-4-2-5-13-9/h8-10H,2-7H2,1H3. The molecule has 1 saturated heterocycles. The van der Waals surface area contributed by atoms with Crippen molar-refractivity contribution < 1.29 is 19.3 Å². The van der Waals surface area contributed by atoms with E-state index in [0.29, 0.717) is 13.2 Å². The van der Waals surface area contributed by atoms with E-state index in [9.17, 15) is 0 Å². The third kappa shape index (κ3) is 5.21. The molecule has 1 unspecified atom stereocenters. The molecular formula is C9H18O4. The molecule has 0 saturated carbocycles. The first-order valence-electron chi connectivity index (χ1n) is 4.78. The molecule has 4 nitrogen and oxygen atoms in total. The van der Waals surface area contributed by atoms with Crippen LogP contribution < -0.4 is 0 Å². The van der Waals surface area contributed by atoms with Gasteiger partial charge in [0.05, 0.1) is 32.5 Å². The van der Waals surface area contributed by atoms with Crippen LogP contribution in [0.15, 0.2) is 0 Å². The van der Waals surface area contributed by atoms with Crippen LogP contribution in [0.3, 0.4) is 0 Å². The minimum Gasteiger partial charge on any atom is -0.391 e. The Kier molecular flexibility index (Phi) is 5.31. The summed E-state index contributed by atoms with van der Waals surface area (Å²) in [6.07, 6.45) is 1.22. The zero-order chi connectivity index (χ0) is 9.52. The van der Waals surface area contributed by atoms with Gasteiger partial charge in [-0.25, -0.2) is 0 Å². The fraction of sp³-hybridized carbons (Fsp3) is 1.00. The highest BCUT2D eigenvalue weighted by Gasteiger charge is 2.13. The van der Waals surface area contributed by atoms with E-state index in [4.69, 9.17) is 19.3 Å². The minimum absolute atomic E-state index is 0.109. The van der Waals surface area contributed by atoms with Crippen LogP contribution in [0.4, 0.5) is 0 Å². The monoisotopic (exact) mass is 190 g/mol. The van der Waals surface area contributed by atoms with Crippen LogP contribution in [0.25, 0.3) is 0 Å². The summed E-state index contributed by atoms with van der Waals surface area (Å²) >= 11 is 0. The Morgan fingerprint density at radius 1 is 1.46 bits per heavy atom. The Balaban J connectivity index is 1.92. The van der Waals surface area contributed by atoms with Crippen LogP contribution in [0.1, 0.15) is 19.8 Å². The molecule has 0 aliphatic carbocycles. The van der Waals surface area contributed by atoms with Gasteiger partial charge in [0.1, 0.15) is 0 Å². The van der Waals surface area contributed by atoms with Gasteiger partial charge in [-0.3, -0.25) is 0 Å². The third-order valence-electron chi connectivity index (χ3n) is 1.75. The number of ether oxygens (including phenoxy) is 3. The Morgan fingerprint density at radius 3 is 2.77 bits per heavy atom. The second kappa shape index (κ2) is 6.32. The van der Waals surface area contributed by atoms with Gasteiger partial charge in [-0.1, -0.05) is 0 Å². The molecule has 0 radical (unpaired) electrons. The van der Waals surface area contributed by atoms with Gasteiger partial charge in [-0.2, -0.15) is 0 Å². The molecule has 0 aromatic rings. The van der Waals surface area contributed by atoms with Gasteiger partial charge in [0.25, 0.3) is 0 Å². The van der Waals surface area contributed by atoms with Gasteiger partial charge in [0.2, 0.25) is 0 Å². The average molecular weight is 190 g/mol. The second-order valence-corrected chi connectivity index (χ2v) is 3.24. The van der Waals surface area contributed by atoms with Gasteiger partial charge < -0.3 is 19.3 Å². The van der Waals surface area contributed by atoms with Crippen molar-refractivity contribution in [2.75, 3.05) is 26.4 Å². The molecule has 0 aromatic carbocycles. The van der Waals surface area contributed by atoms with Crippen LogP contribution in [-0.2, 0) is 14.2 Å². The zero-order valence-corrected chi connectivity index (χ0v) is 8.07. The van der Waals surface area contributed by atoms with Crippen molar-refractivity contribution in [1.82, 2.24) is 0 Å². The van der Waals surface area contributed by atoms with Crippen molar-refractivity contribution in [2.24, 2.45) is 0 Å². The van der Waals surface area contributed by atoms with E-state index in [0.717, 1.165) is 26.1 Å². The fourth-order valence-electron chi connectivity index (χ4n) is 1.14. The summed E-state index contributed by atoms with van der Waals surface area (Å²) in [5, 5.41) is 8.90. The molecule has 0 amide bonds. The zero-order valence-electron chi connectivity index (χ0n) is 8.07. The van der Waals surface area contributed by atoms with Gasteiger partial charge >= 0.3 is 0 Å². The minimum atomic E-state index is -0.395. The predicted molar refractivity (Wildman–Crippen MR) is 47.4 cm³/mol. The van der Waals surface area contributed by atoms with Crippen molar-refractivity contribution in [3.05, 3.63) is 0 Å². The number of hydrogen-bond acceptors (Lipinski definition) is 4.